The van der Waals surface area contributed by atoms with Gasteiger partial charge in [-0.15, -0.1) is 0 Å². The zero-order valence-electron chi connectivity index (χ0n) is 10.2. The fourth-order valence-corrected chi connectivity index (χ4v) is 1.92. The molecule has 0 spiro atoms. The summed E-state index contributed by atoms with van der Waals surface area (Å²) in [5.74, 6) is -0.135. The molecular weight excluding hydrogens is 214 g/mol. The second-order valence-electron chi connectivity index (χ2n) is 4.81. The van der Waals surface area contributed by atoms with E-state index in [1.54, 1.807) is 0 Å². The van der Waals surface area contributed by atoms with Crippen molar-refractivity contribution in [1.29, 1.82) is 0 Å². The predicted octanol–water partition coefficient (Wildman–Crippen LogP) is 1.98. The SMILES string of the molecule is CC(=O)C1(C(=O)NCc2ccc(C)cc2)CC1. The first kappa shape index (κ1) is 11.8. The van der Waals surface area contributed by atoms with E-state index in [4.69, 9.17) is 0 Å². The molecule has 0 aromatic heterocycles. The molecule has 3 heteroatoms. The van der Waals surface area contributed by atoms with Crippen LogP contribution in [0.2, 0.25) is 0 Å². The predicted molar refractivity (Wildman–Crippen MR) is 65.4 cm³/mol. The third-order valence-corrected chi connectivity index (χ3v) is 3.43. The van der Waals surface area contributed by atoms with Crippen LogP contribution in [-0.4, -0.2) is 11.7 Å². The largest absolute Gasteiger partial charge is 0.351 e. The van der Waals surface area contributed by atoms with E-state index in [2.05, 4.69) is 5.32 Å². The molecule has 0 aliphatic heterocycles. The van der Waals surface area contributed by atoms with E-state index >= 15 is 0 Å². The van der Waals surface area contributed by atoms with Gasteiger partial charge in [0.25, 0.3) is 0 Å². The van der Waals surface area contributed by atoms with Gasteiger partial charge in [0.1, 0.15) is 11.2 Å². The van der Waals surface area contributed by atoms with E-state index in [9.17, 15) is 9.59 Å². The van der Waals surface area contributed by atoms with Gasteiger partial charge in [-0.05, 0) is 32.3 Å². The molecule has 1 fully saturated rings. The molecule has 1 N–H and O–H groups in total. The van der Waals surface area contributed by atoms with E-state index in [0.717, 1.165) is 5.56 Å². The summed E-state index contributed by atoms with van der Waals surface area (Å²) >= 11 is 0. The molecule has 1 aromatic carbocycles. The zero-order chi connectivity index (χ0) is 12.5. The quantitative estimate of drug-likeness (QED) is 0.805. The number of hydrogen-bond donors (Lipinski definition) is 1. The minimum absolute atomic E-state index is 0.0149. The van der Waals surface area contributed by atoms with Crippen LogP contribution in [0.15, 0.2) is 24.3 Å². The van der Waals surface area contributed by atoms with Gasteiger partial charge in [-0.3, -0.25) is 9.59 Å². The van der Waals surface area contributed by atoms with Crippen LogP contribution in [0.5, 0.6) is 0 Å². The Morgan fingerprint density at radius 2 is 1.82 bits per heavy atom. The van der Waals surface area contributed by atoms with Crippen molar-refractivity contribution in [3.05, 3.63) is 35.4 Å². The van der Waals surface area contributed by atoms with Crippen molar-refractivity contribution in [3.8, 4) is 0 Å². The minimum atomic E-state index is -0.704. The lowest BCUT2D eigenvalue weighted by Crippen LogP contribution is -2.35. The molecule has 90 valence electrons. The van der Waals surface area contributed by atoms with Crippen LogP contribution in [0.1, 0.15) is 30.9 Å². The van der Waals surface area contributed by atoms with Crippen molar-refractivity contribution >= 4 is 11.7 Å². The normalized spacial score (nSPS) is 16.4. The number of rotatable bonds is 4. The first-order chi connectivity index (χ1) is 8.04. The fraction of sp³-hybridized carbons (Fsp3) is 0.429. The van der Waals surface area contributed by atoms with Gasteiger partial charge in [0, 0.05) is 6.54 Å². The van der Waals surface area contributed by atoms with Gasteiger partial charge in [-0.1, -0.05) is 29.8 Å². The molecule has 1 amide bonds. The fourth-order valence-electron chi connectivity index (χ4n) is 1.92. The molecule has 1 aliphatic carbocycles. The molecule has 0 bridgehead atoms. The Morgan fingerprint density at radius 3 is 2.29 bits per heavy atom. The second-order valence-corrected chi connectivity index (χ2v) is 4.81. The Bertz CT molecular complexity index is 444. The number of nitrogens with one attached hydrogen (secondary N) is 1. The third-order valence-electron chi connectivity index (χ3n) is 3.43. The standard InChI is InChI=1S/C14H17NO2/c1-10-3-5-12(6-4-10)9-15-13(17)14(7-8-14)11(2)16/h3-6H,7-9H2,1-2H3,(H,15,17). The van der Waals surface area contributed by atoms with Crippen LogP contribution in [0.3, 0.4) is 0 Å². The summed E-state index contributed by atoms with van der Waals surface area (Å²) in [5.41, 5.74) is 1.55. The van der Waals surface area contributed by atoms with Crippen LogP contribution in [-0.2, 0) is 16.1 Å². The van der Waals surface area contributed by atoms with Crippen molar-refractivity contribution in [3.63, 3.8) is 0 Å². The van der Waals surface area contributed by atoms with Crippen LogP contribution >= 0.6 is 0 Å². The Balaban J connectivity index is 1.93. The summed E-state index contributed by atoms with van der Waals surface area (Å²) in [7, 11) is 0. The van der Waals surface area contributed by atoms with Gasteiger partial charge >= 0.3 is 0 Å². The summed E-state index contributed by atoms with van der Waals surface area (Å²) in [6, 6.07) is 8.00. The van der Waals surface area contributed by atoms with Gasteiger partial charge in [0.05, 0.1) is 0 Å². The van der Waals surface area contributed by atoms with Gasteiger partial charge in [0.2, 0.25) is 5.91 Å². The van der Waals surface area contributed by atoms with Crippen molar-refractivity contribution in [2.24, 2.45) is 5.41 Å². The Labute approximate surface area is 101 Å². The highest BCUT2D eigenvalue weighted by molar-refractivity contribution is 6.07. The van der Waals surface area contributed by atoms with Crippen molar-refractivity contribution in [2.75, 3.05) is 0 Å². The van der Waals surface area contributed by atoms with E-state index in [-0.39, 0.29) is 11.7 Å². The summed E-state index contributed by atoms with van der Waals surface area (Å²) < 4.78 is 0. The molecule has 0 unspecified atom stereocenters. The first-order valence-electron chi connectivity index (χ1n) is 5.89. The van der Waals surface area contributed by atoms with Gasteiger partial charge < -0.3 is 5.32 Å². The zero-order valence-corrected chi connectivity index (χ0v) is 10.2. The number of ketones is 1. The molecular formula is C14H17NO2. The van der Waals surface area contributed by atoms with Gasteiger partial charge in [0.15, 0.2) is 0 Å². The highest BCUT2D eigenvalue weighted by atomic mass is 16.2. The lowest BCUT2D eigenvalue weighted by molar-refractivity contribution is -0.134. The highest BCUT2D eigenvalue weighted by Gasteiger charge is 2.53. The molecule has 17 heavy (non-hydrogen) atoms. The van der Waals surface area contributed by atoms with Crippen molar-refractivity contribution < 1.29 is 9.59 Å². The molecule has 0 atom stereocenters. The average Bonchev–Trinajstić information content (AvgIpc) is 3.09. The van der Waals surface area contributed by atoms with Crippen molar-refractivity contribution in [2.45, 2.75) is 33.2 Å². The first-order valence-corrected chi connectivity index (χ1v) is 5.89. The number of aryl methyl sites for hydroxylation is 1. The second kappa shape index (κ2) is 4.32. The summed E-state index contributed by atoms with van der Waals surface area (Å²) in [6.45, 7) is 4.02. The number of amides is 1. The minimum Gasteiger partial charge on any atom is -0.351 e. The molecule has 0 heterocycles. The number of benzene rings is 1. The molecule has 0 saturated heterocycles. The Hall–Kier alpha value is -1.64. The molecule has 1 saturated carbocycles. The highest BCUT2D eigenvalue weighted by Crippen LogP contribution is 2.46. The molecule has 0 radical (unpaired) electrons. The summed E-state index contributed by atoms with van der Waals surface area (Å²) in [5, 5.41) is 2.84. The van der Waals surface area contributed by atoms with Crippen LogP contribution in [0, 0.1) is 12.3 Å². The van der Waals surface area contributed by atoms with E-state index in [1.165, 1.54) is 12.5 Å². The van der Waals surface area contributed by atoms with Crippen molar-refractivity contribution in [1.82, 2.24) is 5.32 Å². The van der Waals surface area contributed by atoms with E-state index < -0.39 is 5.41 Å². The van der Waals surface area contributed by atoms with E-state index in [0.29, 0.717) is 19.4 Å². The monoisotopic (exact) mass is 231 g/mol. The Morgan fingerprint density at radius 1 is 1.24 bits per heavy atom. The molecule has 2 rings (SSSR count). The average molecular weight is 231 g/mol. The maximum absolute atomic E-state index is 11.9. The Kier molecular flexibility index (Phi) is 3.01. The third kappa shape index (κ3) is 2.38. The summed E-state index contributed by atoms with van der Waals surface area (Å²) in [6.07, 6.45) is 1.39. The lowest BCUT2D eigenvalue weighted by atomic mass is 10.0. The number of carbonyl (C=O) groups is 2. The van der Waals surface area contributed by atoms with Crippen LogP contribution < -0.4 is 5.32 Å². The number of Topliss-reactive ketones (excluding diaryl/α,β-unsaturated/α-hetero) is 1. The number of hydrogen-bond acceptors (Lipinski definition) is 2. The van der Waals surface area contributed by atoms with Crippen LogP contribution in [0.4, 0.5) is 0 Å². The lowest BCUT2D eigenvalue weighted by Gasteiger charge is -2.12. The molecule has 1 aliphatic rings. The molecule has 1 aromatic rings. The van der Waals surface area contributed by atoms with E-state index in [1.807, 2.05) is 31.2 Å². The number of carbonyl (C=O) groups excluding carboxylic acids is 2. The smallest absolute Gasteiger partial charge is 0.233 e. The van der Waals surface area contributed by atoms with Gasteiger partial charge in [-0.2, -0.15) is 0 Å². The van der Waals surface area contributed by atoms with Crippen LogP contribution in [0.25, 0.3) is 0 Å². The maximum Gasteiger partial charge on any atom is 0.233 e. The topological polar surface area (TPSA) is 46.2 Å². The maximum atomic E-state index is 11.9. The van der Waals surface area contributed by atoms with Gasteiger partial charge in [-0.25, -0.2) is 0 Å². The summed E-state index contributed by atoms with van der Waals surface area (Å²) in [4.78, 5) is 23.2. The molecule has 3 nitrogen and oxygen atoms in total.